The molecular weight excluding hydrogens is 394 g/mol. The Kier molecular flexibility index (Phi) is 8.62. The van der Waals surface area contributed by atoms with Crippen molar-refractivity contribution in [1.29, 1.82) is 0 Å². The summed E-state index contributed by atoms with van der Waals surface area (Å²) in [5.41, 5.74) is 1.97. The summed E-state index contributed by atoms with van der Waals surface area (Å²) in [4.78, 5) is 43.0. The summed E-state index contributed by atoms with van der Waals surface area (Å²) in [5.74, 6) is -0.176. The second-order valence-corrected chi connectivity index (χ2v) is 9.78. The Morgan fingerprint density at radius 2 is 1.97 bits per heavy atom. The molecule has 1 heterocycles. The number of benzene rings is 1. The van der Waals surface area contributed by atoms with Crippen molar-refractivity contribution in [2.24, 2.45) is 11.3 Å². The zero-order chi connectivity index (χ0) is 23.2. The van der Waals surface area contributed by atoms with Crippen molar-refractivity contribution in [2.45, 2.75) is 47.5 Å². The van der Waals surface area contributed by atoms with E-state index in [2.05, 4.69) is 27.7 Å². The predicted octanol–water partition coefficient (Wildman–Crippen LogP) is 3.07. The molecular formula is C24H37N3O4. The smallest absolute Gasteiger partial charge is 0.248 e. The summed E-state index contributed by atoms with van der Waals surface area (Å²) >= 11 is 0. The Hall–Kier alpha value is -2.41. The van der Waals surface area contributed by atoms with Gasteiger partial charge in [0.25, 0.3) is 0 Å². The fraction of sp³-hybridized carbons (Fsp3) is 0.625. The molecule has 0 aliphatic carbocycles. The number of hydrogen-bond acceptors (Lipinski definition) is 4. The van der Waals surface area contributed by atoms with Gasteiger partial charge in [0.2, 0.25) is 17.7 Å². The molecule has 7 heteroatoms. The quantitative estimate of drug-likeness (QED) is 0.603. The van der Waals surface area contributed by atoms with Crippen molar-refractivity contribution in [1.82, 2.24) is 9.80 Å². The van der Waals surface area contributed by atoms with E-state index in [9.17, 15) is 14.4 Å². The molecule has 0 radical (unpaired) electrons. The molecule has 1 aromatic rings. The van der Waals surface area contributed by atoms with Crippen LogP contribution in [0.15, 0.2) is 24.3 Å². The largest absolute Gasteiger partial charge is 0.383 e. The van der Waals surface area contributed by atoms with Crippen LogP contribution in [0, 0.1) is 18.3 Å². The molecule has 1 saturated heterocycles. The highest BCUT2D eigenvalue weighted by Gasteiger charge is 2.33. The summed E-state index contributed by atoms with van der Waals surface area (Å²) in [6.45, 7) is 11.4. The Bertz CT molecular complexity index is 787. The summed E-state index contributed by atoms with van der Waals surface area (Å²) in [5, 5.41) is 0. The van der Waals surface area contributed by atoms with Gasteiger partial charge in [-0.3, -0.25) is 19.3 Å². The molecule has 31 heavy (non-hydrogen) atoms. The van der Waals surface area contributed by atoms with E-state index in [1.807, 2.05) is 31.2 Å². The maximum absolute atomic E-state index is 12.9. The van der Waals surface area contributed by atoms with Crippen LogP contribution in [0.1, 0.15) is 46.1 Å². The number of carbonyl (C=O) groups excluding carboxylic acids is 3. The van der Waals surface area contributed by atoms with Gasteiger partial charge < -0.3 is 14.5 Å². The van der Waals surface area contributed by atoms with Crippen molar-refractivity contribution < 1.29 is 19.1 Å². The zero-order valence-corrected chi connectivity index (χ0v) is 19.8. The molecule has 1 aromatic carbocycles. The molecule has 0 unspecified atom stereocenters. The molecule has 7 nitrogen and oxygen atoms in total. The third-order valence-corrected chi connectivity index (χ3v) is 5.33. The standard InChI is InChI=1S/C24H37N3O4/c1-18-8-7-9-20(12-18)27-17-26(16-23(27)30)22(29)15-25(10-11-31-6)21(28)13-19(2)14-24(3,4)5/h7-9,12,19H,10-11,13-17H2,1-6H3/t19-/m1/s1. The summed E-state index contributed by atoms with van der Waals surface area (Å²) < 4.78 is 5.14. The number of hydrogen-bond donors (Lipinski definition) is 0. The van der Waals surface area contributed by atoms with Crippen molar-refractivity contribution >= 4 is 23.4 Å². The van der Waals surface area contributed by atoms with E-state index in [-0.39, 0.29) is 48.8 Å². The van der Waals surface area contributed by atoms with E-state index < -0.39 is 0 Å². The molecule has 1 atom stereocenters. The highest BCUT2D eigenvalue weighted by molar-refractivity contribution is 6.00. The van der Waals surface area contributed by atoms with Crippen LogP contribution in [0.3, 0.4) is 0 Å². The van der Waals surface area contributed by atoms with Gasteiger partial charge in [-0.05, 0) is 42.4 Å². The van der Waals surface area contributed by atoms with Crippen LogP contribution < -0.4 is 4.90 Å². The lowest BCUT2D eigenvalue weighted by molar-refractivity contribution is -0.141. The normalized spacial score (nSPS) is 15.4. The van der Waals surface area contributed by atoms with E-state index >= 15 is 0 Å². The molecule has 0 saturated carbocycles. The third kappa shape index (κ3) is 7.65. The van der Waals surface area contributed by atoms with Crippen molar-refractivity contribution in [3.8, 4) is 0 Å². The minimum Gasteiger partial charge on any atom is -0.383 e. The average Bonchev–Trinajstić information content (AvgIpc) is 3.05. The minimum absolute atomic E-state index is 0.0273. The zero-order valence-electron chi connectivity index (χ0n) is 19.8. The predicted molar refractivity (Wildman–Crippen MR) is 122 cm³/mol. The van der Waals surface area contributed by atoms with Crippen LogP contribution in [0.2, 0.25) is 0 Å². The minimum atomic E-state index is -0.226. The molecule has 0 bridgehead atoms. The topological polar surface area (TPSA) is 70.2 Å². The van der Waals surface area contributed by atoms with Gasteiger partial charge in [0.15, 0.2) is 0 Å². The molecule has 2 rings (SSSR count). The molecule has 1 fully saturated rings. The van der Waals surface area contributed by atoms with Gasteiger partial charge in [0, 0.05) is 25.8 Å². The first-order valence-corrected chi connectivity index (χ1v) is 10.9. The summed E-state index contributed by atoms with van der Waals surface area (Å²) in [6.07, 6.45) is 1.32. The molecule has 1 aliphatic heterocycles. The Morgan fingerprint density at radius 3 is 2.58 bits per heavy atom. The molecule has 172 valence electrons. The fourth-order valence-electron chi connectivity index (χ4n) is 4.04. The number of amides is 3. The highest BCUT2D eigenvalue weighted by atomic mass is 16.5. The van der Waals surface area contributed by atoms with Gasteiger partial charge >= 0.3 is 0 Å². The lowest BCUT2D eigenvalue weighted by atomic mass is 9.84. The number of methoxy groups -OCH3 is 1. The Balaban J connectivity index is 2.01. The third-order valence-electron chi connectivity index (χ3n) is 5.33. The first-order chi connectivity index (χ1) is 14.5. The van der Waals surface area contributed by atoms with Crippen molar-refractivity contribution in [3.63, 3.8) is 0 Å². The molecule has 1 aliphatic rings. The number of carbonyl (C=O) groups is 3. The molecule has 0 N–H and O–H groups in total. The molecule has 0 spiro atoms. The Morgan fingerprint density at radius 1 is 1.26 bits per heavy atom. The first-order valence-electron chi connectivity index (χ1n) is 10.9. The van der Waals surface area contributed by atoms with Gasteiger partial charge in [-0.25, -0.2) is 0 Å². The van der Waals surface area contributed by atoms with Crippen LogP contribution in [-0.2, 0) is 19.1 Å². The van der Waals surface area contributed by atoms with E-state index in [4.69, 9.17) is 4.74 Å². The van der Waals surface area contributed by atoms with Gasteiger partial charge in [-0.1, -0.05) is 39.8 Å². The molecule has 0 aromatic heterocycles. The SMILES string of the molecule is COCCN(CC(=O)N1CC(=O)N(c2cccc(C)c2)C1)C(=O)C[C@@H](C)CC(C)(C)C. The van der Waals surface area contributed by atoms with Crippen LogP contribution in [0.5, 0.6) is 0 Å². The monoisotopic (exact) mass is 431 g/mol. The van der Waals surface area contributed by atoms with E-state index in [1.54, 1.807) is 16.9 Å². The van der Waals surface area contributed by atoms with Gasteiger partial charge in [0.1, 0.15) is 13.2 Å². The summed E-state index contributed by atoms with van der Waals surface area (Å²) in [7, 11) is 1.57. The van der Waals surface area contributed by atoms with Gasteiger partial charge in [-0.15, -0.1) is 0 Å². The van der Waals surface area contributed by atoms with Crippen LogP contribution in [0.4, 0.5) is 5.69 Å². The van der Waals surface area contributed by atoms with Crippen molar-refractivity contribution in [3.05, 3.63) is 29.8 Å². The second kappa shape index (κ2) is 10.8. The van der Waals surface area contributed by atoms with Crippen LogP contribution in [-0.4, -0.2) is 67.5 Å². The van der Waals surface area contributed by atoms with E-state index in [0.717, 1.165) is 17.7 Å². The number of aryl methyl sites for hydroxylation is 1. The number of anilines is 1. The maximum Gasteiger partial charge on any atom is 0.248 e. The van der Waals surface area contributed by atoms with Crippen LogP contribution >= 0.6 is 0 Å². The number of rotatable bonds is 9. The van der Waals surface area contributed by atoms with E-state index in [0.29, 0.717) is 19.6 Å². The number of ether oxygens (including phenoxy) is 1. The fourth-order valence-corrected chi connectivity index (χ4v) is 4.04. The molecule has 3 amide bonds. The highest BCUT2D eigenvalue weighted by Crippen LogP contribution is 2.26. The second-order valence-electron chi connectivity index (χ2n) is 9.78. The average molecular weight is 432 g/mol. The van der Waals surface area contributed by atoms with E-state index in [1.165, 1.54) is 4.90 Å². The van der Waals surface area contributed by atoms with Crippen LogP contribution in [0.25, 0.3) is 0 Å². The van der Waals surface area contributed by atoms with Gasteiger partial charge in [0.05, 0.1) is 13.2 Å². The maximum atomic E-state index is 12.9. The lowest BCUT2D eigenvalue weighted by Gasteiger charge is -2.28. The Labute approximate surface area is 186 Å². The number of nitrogens with zero attached hydrogens (tertiary/aromatic N) is 3. The van der Waals surface area contributed by atoms with Crippen molar-refractivity contribution in [2.75, 3.05) is 44.9 Å². The van der Waals surface area contributed by atoms with Gasteiger partial charge in [-0.2, -0.15) is 0 Å². The lowest BCUT2D eigenvalue weighted by Crippen LogP contribution is -2.44. The first kappa shape index (κ1) is 24.9. The summed E-state index contributed by atoms with van der Waals surface area (Å²) in [6, 6.07) is 7.65.